The predicted molar refractivity (Wildman–Crippen MR) is 77.7 cm³/mol. The Labute approximate surface area is 112 Å². The van der Waals surface area contributed by atoms with E-state index in [1.165, 1.54) is 5.57 Å². The maximum atomic E-state index is 11.3. The maximum Gasteiger partial charge on any atom is 0.338 e. The number of carboxylic acids is 1. The van der Waals surface area contributed by atoms with Gasteiger partial charge in [0.05, 0.1) is 11.3 Å². The molecule has 0 fully saturated rings. The van der Waals surface area contributed by atoms with E-state index in [0.29, 0.717) is 17.8 Å². The minimum atomic E-state index is -0.883. The molecule has 0 spiro atoms. The van der Waals surface area contributed by atoms with Crippen molar-refractivity contribution in [3.05, 3.63) is 35.4 Å². The molecule has 0 saturated carbocycles. The summed E-state index contributed by atoms with van der Waals surface area (Å²) in [5, 5.41) is 12.5. The van der Waals surface area contributed by atoms with Gasteiger partial charge in [-0.05, 0) is 31.7 Å². The number of nitrogens with one attached hydrogen (secondary N) is 1. The van der Waals surface area contributed by atoms with Gasteiger partial charge in [0.2, 0.25) is 0 Å². The number of thioether (sulfide) groups is 1. The number of hydrogen-bond acceptors (Lipinski definition) is 3. The lowest BCUT2D eigenvalue weighted by Crippen LogP contribution is -2.08. The van der Waals surface area contributed by atoms with Crippen molar-refractivity contribution < 1.29 is 9.90 Å². The molecule has 0 aliphatic heterocycles. The Hall–Kier alpha value is -1.42. The molecule has 4 heteroatoms. The first-order valence-corrected chi connectivity index (χ1v) is 6.91. The van der Waals surface area contributed by atoms with Crippen molar-refractivity contribution in [2.45, 2.75) is 25.7 Å². The minimum absolute atomic E-state index is 0.367. The van der Waals surface area contributed by atoms with E-state index in [4.69, 9.17) is 0 Å². The highest BCUT2D eigenvalue weighted by Crippen LogP contribution is 2.28. The van der Waals surface area contributed by atoms with Crippen LogP contribution < -0.4 is 5.32 Å². The minimum Gasteiger partial charge on any atom is -0.478 e. The van der Waals surface area contributed by atoms with Gasteiger partial charge in [0.25, 0.3) is 0 Å². The summed E-state index contributed by atoms with van der Waals surface area (Å²) in [4.78, 5) is 12.2. The number of aromatic carboxylic acids is 1. The highest BCUT2D eigenvalue weighted by Gasteiger charge is 2.14. The highest BCUT2D eigenvalue weighted by molar-refractivity contribution is 7.99. The van der Waals surface area contributed by atoms with Gasteiger partial charge in [-0.2, -0.15) is 0 Å². The summed E-state index contributed by atoms with van der Waals surface area (Å²) in [6.07, 6.45) is 2.03. The van der Waals surface area contributed by atoms with Gasteiger partial charge >= 0.3 is 5.97 Å². The summed E-state index contributed by atoms with van der Waals surface area (Å²) in [7, 11) is 0. The van der Waals surface area contributed by atoms with Crippen LogP contribution in [0.5, 0.6) is 0 Å². The number of anilines is 1. The fourth-order valence-electron chi connectivity index (χ4n) is 1.54. The lowest BCUT2D eigenvalue weighted by Gasteiger charge is -2.11. The lowest BCUT2D eigenvalue weighted by atomic mass is 10.1. The zero-order valence-corrected chi connectivity index (χ0v) is 11.8. The number of allylic oxidation sites excluding steroid dienone is 1. The molecule has 1 aromatic carbocycles. The fraction of sp³-hybridized carbons (Fsp3) is 0.357. The van der Waals surface area contributed by atoms with Gasteiger partial charge in [0.1, 0.15) is 0 Å². The quantitative estimate of drug-likeness (QED) is 0.605. The van der Waals surface area contributed by atoms with Crippen molar-refractivity contribution in [2.75, 3.05) is 17.6 Å². The maximum absolute atomic E-state index is 11.3. The van der Waals surface area contributed by atoms with Crippen molar-refractivity contribution in [1.29, 1.82) is 0 Å². The molecule has 0 unspecified atom stereocenters. The van der Waals surface area contributed by atoms with Crippen molar-refractivity contribution in [3.8, 4) is 0 Å². The van der Waals surface area contributed by atoms with Crippen LogP contribution in [0.2, 0.25) is 0 Å². The van der Waals surface area contributed by atoms with Crippen molar-refractivity contribution in [1.82, 2.24) is 0 Å². The SMILES string of the molecule is CCSc1cccc(NCC=C(C)C)c1C(=O)O. The number of carbonyl (C=O) groups is 1. The summed E-state index contributed by atoms with van der Waals surface area (Å²) in [6.45, 7) is 6.69. The Morgan fingerprint density at radius 2 is 2.17 bits per heavy atom. The molecule has 18 heavy (non-hydrogen) atoms. The van der Waals surface area contributed by atoms with Gasteiger partial charge in [0, 0.05) is 11.4 Å². The van der Waals surface area contributed by atoms with E-state index in [-0.39, 0.29) is 0 Å². The van der Waals surface area contributed by atoms with Gasteiger partial charge in [-0.25, -0.2) is 4.79 Å². The summed E-state index contributed by atoms with van der Waals surface area (Å²) in [6, 6.07) is 5.54. The van der Waals surface area contributed by atoms with E-state index < -0.39 is 5.97 Å². The van der Waals surface area contributed by atoms with Crippen molar-refractivity contribution in [2.24, 2.45) is 0 Å². The third kappa shape index (κ3) is 4.11. The zero-order chi connectivity index (χ0) is 13.5. The van der Waals surface area contributed by atoms with Gasteiger partial charge in [-0.15, -0.1) is 11.8 Å². The van der Waals surface area contributed by atoms with Gasteiger partial charge < -0.3 is 10.4 Å². The van der Waals surface area contributed by atoms with Crippen LogP contribution in [0, 0.1) is 0 Å². The largest absolute Gasteiger partial charge is 0.478 e. The summed E-state index contributed by atoms with van der Waals surface area (Å²) >= 11 is 1.55. The Morgan fingerprint density at radius 3 is 2.72 bits per heavy atom. The monoisotopic (exact) mass is 265 g/mol. The van der Waals surface area contributed by atoms with E-state index >= 15 is 0 Å². The lowest BCUT2D eigenvalue weighted by molar-refractivity contribution is 0.0694. The molecule has 0 radical (unpaired) electrons. The molecule has 0 saturated heterocycles. The number of rotatable bonds is 6. The summed E-state index contributed by atoms with van der Waals surface area (Å²) in [5.74, 6) is -0.0243. The fourth-order valence-corrected chi connectivity index (χ4v) is 2.37. The molecule has 0 aliphatic carbocycles. The van der Waals surface area contributed by atoms with Gasteiger partial charge in [-0.1, -0.05) is 24.6 Å². The predicted octanol–water partition coefficient (Wildman–Crippen LogP) is 3.87. The molecule has 0 bridgehead atoms. The van der Waals surface area contributed by atoms with Crippen molar-refractivity contribution in [3.63, 3.8) is 0 Å². The third-order valence-corrected chi connectivity index (χ3v) is 3.28. The number of carboxylic acid groups (broad SMARTS) is 1. The topological polar surface area (TPSA) is 49.3 Å². The molecule has 0 amide bonds. The van der Waals surface area contributed by atoms with Crippen LogP contribution in [0.15, 0.2) is 34.7 Å². The first-order chi connectivity index (χ1) is 8.56. The first kappa shape index (κ1) is 14.6. The van der Waals surface area contributed by atoms with Crippen LogP contribution in [0.25, 0.3) is 0 Å². The zero-order valence-electron chi connectivity index (χ0n) is 11.0. The average molecular weight is 265 g/mol. The molecule has 0 aliphatic rings. The van der Waals surface area contributed by atoms with Crippen LogP contribution in [0.4, 0.5) is 5.69 Å². The van der Waals surface area contributed by atoms with Crippen LogP contribution in [-0.4, -0.2) is 23.4 Å². The number of benzene rings is 1. The molecule has 1 rings (SSSR count). The summed E-state index contributed by atoms with van der Waals surface area (Å²) in [5.41, 5.74) is 2.25. The van der Waals surface area contributed by atoms with Crippen LogP contribution in [0.3, 0.4) is 0 Å². The van der Waals surface area contributed by atoms with Gasteiger partial charge in [-0.3, -0.25) is 0 Å². The summed E-state index contributed by atoms with van der Waals surface area (Å²) < 4.78 is 0. The van der Waals surface area contributed by atoms with Crippen LogP contribution in [-0.2, 0) is 0 Å². The average Bonchev–Trinajstić information content (AvgIpc) is 2.28. The van der Waals surface area contributed by atoms with Crippen LogP contribution in [0.1, 0.15) is 31.1 Å². The smallest absolute Gasteiger partial charge is 0.338 e. The van der Waals surface area contributed by atoms with E-state index in [9.17, 15) is 9.90 Å². The second-order valence-electron chi connectivity index (χ2n) is 4.08. The molecule has 0 atom stereocenters. The van der Waals surface area contributed by atoms with E-state index in [1.54, 1.807) is 11.8 Å². The Kier molecular flexibility index (Phi) is 5.78. The Morgan fingerprint density at radius 1 is 1.44 bits per heavy atom. The van der Waals surface area contributed by atoms with E-state index in [1.807, 2.05) is 45.0 Å². The number of hydrogen-bond donors (Lipinski definition) is 2. The molecule has 98 valence electrons. The van der Waals surface area contributed by atoms with Crippen LogP contribution >= 0.6 is 11.8 Å². The highest BCUT2D eigenvalue weighted by atomic mass is 32.2. The molecule has 2 N–H and O–H groups in total. The molecular formula is C14H19NO2S. The molecule has 0 aromatic heterocycles. The molecule has 0 heterocycles. The normalized spacial score (nSPS) is 9.94. The van der Waals surface area contributed by atoms with E-state index in [2.05, 4.69) is 5.32 Å². The van der Waals surface area contributed by atoms with E-state index in [0.717, 1.165) is 10.6 Å². The standard InChI is InChI=1S/C14H19NO2S/c1-4-18-12-7-5-6-11(13(12)14(16)17)15-9-8-10(2)3/h5-8,15H,4,9H2,1-3H3,(H,16,17). The Balaban J connectivity index is 2.99. The molecule has 1 aromatic rings. The second kappa shape index (κ2) is 7.11. The van der Waals surface area contributed by atoms with Crippen molar-refractivity contribution >= 4 is 23.4 Å². The molecular weight excluding hydrogens is 246 g/mol. The second-order valence-corrected chi connectivity index (χ2v) is 5.39. The van der Waals surface area contributed by atoms with Gasteiger partial charge in [0.15, 0.2) is 0 Å². The third-order valence-electron chi connectivity index (χ3n) is 2.34. The first-order valence-electron chi connectivity index (χ1n) is 5.92. The Bertz CT molecular complexity index is 451. The molecule has 3 nitrogen and oxygen atoms in total.